The van der Waals surface area contributed by atoms with Gasteiger partial charge in [-0.05, 0) is 24.5 Å². The highest BCUT2D eigenvalue weighted by molar-refractivity contribution is 5.81. The number of carbonyl (C=O) groups is 1. The Labute approximate surface area is 83.1 Å². The van der Waals surface area contributed by atoms with Gasteiger partial charge in [0.15, 0.2) is 6.10 Å². The van der Waals surface area contributed by atoms with E-state index in [1.807, 2.05) is 24.3 Å². The quantitative estimate of drug-likeness (QED) is 0.722. The van der Waals surface area contributed by atoms with Gasteiger partial charge in [0.25, 0.3) is 5.91 Å². The molecule has 14 heavy (non-hydrogen) atoms. The lowest BCUT2D eigenvalue weighted by molar-refractivity contribution is -0.128. The Morgan fingerprint density at radius 2 is 2.29 bits per heavy atom. The molecule has 0 saturated heterocycles. The molecule has 0 radical (unpaired) electrons. The first-order valence-corrected chi connectivity index (χ1v) is 4.77. The summed E-state index contributed by atoms with van der Waals surface area (Å²) in [5.41, 5.74) is 1.19. The summed E-state index contributed by atoms with van der Waals surface area (Å²) in [6.07, 6.45) is 1.35. The largest absolute Gasteiger partial charge is 0.480 e. The topological polar surface area (TPSA) is 38.3 Å². The molecule has 74 valence electrons. The second-order valence-corrected chi connectivity index (χ2v) is 3.37. The molecule has 0 spiro atoms. The summed E-state index contributed by atoms with van der Waals surface area (Å²) < 4.78 is 5.57. The number of para-hydroxylation sites is 1. The van der Waals surface area contributed by atoms with Gasteiger partial charge >= 0.3 is 0 Å². The summed E-state index contributed by atoms with van der Waals surface area (Å²) in [5, 5.41) is 2.60. The van der Waals surface area contributed by atoms with Crippen molar-refractivity contribution in [3.05, 3.63) is 29.8 Å². The standard InChI is InChI=1S/C11H13NO2/c1-12-11(13)10-7-6-8-4-2-3-5-9(8)14-10/h2-5,10H,6-7H2,1H3,(H,12,13). The number of hydrogen-bond donors (Lipinski definition) is 1. The molecule has 1 aliphatic heterocycles. The Balaban J connectivity index is 2.17. The summed E-state index contributed by atoms with van der Waals surface area (Å²) in [5.74, 6) is 0.798. The average molecular weight is 191 g/mol. The maximum atomic E-state index is 11.3. The van der Waals surface area contributed by atoms with Gasteiger partial charge in [-0.1, -0.05) is 18.2 Å². The van der Waals surface area contributed by atoms with Gasteiger partial charge in [-0.3, -0.25) is 4.79 Å². The third-order valence-corrected chi connectivity index (χ3v) is 2.46. The second kappa shape index (κ2) is 3.70. The van der Waals surface area contributed by atoms with Crippen LogP contribution < -0.4 is 10.1 Å². The van der Waals surface area contributed by atoms with Gasteiger partial charge in [0, 0.05) is 7.05 Å². The van der Waals surface area contributed by atoms with E-state index in [0.29, 0.717) is 0 Å². The predicted octanol–water partition coefficient (Wildman–Crippen LogP) is 1.13. The van der Waals surface area contributed by atoms with Crippen LogP contribution in [-0.4, -0.2) is 19.1 Å². The fourth-order valence-electron chi connectivity index (χ4n) is 1.67. The van der Waals surface area contributed by atoms with Crippen molar-refractivity contribution in [2.45, 2.75) is 18.9 Å². The molecule has 3 nitrogen and oxygen atoms in total. The zero-order valence-corrected chi connectivity index (χ0v) is 8.12. The van der Waals surface area contributed by atoms with Gasteiger partial charge in [-0.25, -0.2) is 0 Å². The molecule has 0 aromatic heterocycles. The number of nitrogens with one attached hydrogen (secondary N) is 1. The molecule has 1 aliphatic rings. The monoisotopic (exact) mass is 191 g/mol. The van der Waals surface area contributed by atoms with Crippen LogP contribution in [-0.2, 0) is 11.2 Å². The van der Waals surface area contributed by atoms with Crippen LogP contribution in [0, 0.1) is 0 Å². The van der Waals surface area contributed by atoms with E-state index < -0.39 is 0 Å². The minimum absolute atomic E-state index is 0.0421. The Bertz CT molecular complexity index is 349. The minimum Gasteiger partial charge on any atom is -0.480 e. The third kappa shape index (κ3) is 1.58. The van der Waals surface area contributed by atoms with E-state index in [0.717, 1.165) is 18.6 Å². The number of aryl methyl sites for hydroxylation is 1. The minimum atomic E-state index is -0.324. The number of benzene rings is 1. The molecule has 1 N–H and O–H groups in total. The highest BCUT2D eigenvalue weighted by atomic mass is 16.5. The smallest absolute Gasteiger partial charge is 0.260 e. The number of fused-ring (bicyclic) bond motifs is 1. The van der Waals surface area contributed by atoms with Crippen molar-refractivity contribution in [1.82, 2.24) is 5.32 Å². The average Bonchev–Trinajstić information content (AvgIpc) is 2.27. The van der Waals surface area contributed by atoms with E-state index in [1.54, 1.807) is 7.05 Å². The van der Waals surface area contributed by atoms with Crippen molar-refractivity contribution < 1.29 is 9.53 Å². The van der Waals surface area contributed by atoms with E-state index >= 15 is 0 Å². The number of ether oxygens (including phenoxy) is 1. The molecule has 1 amide bonds. The van der Waals surface area contributed by atoms with Crippen molar-refractivity contribution in [2.75, 3.05) is 7.05 Å². The Hall–Kier alpha value is -1.51. The predicted molar refractivity (Wildman–Crippen MR) is 53.2 cm³/mol. The molecule has 1 aromatic rings. The van der Waals surface area contributed by atoms with E-state index in [9.17, 15) is 4.79 Å². The summed E-state index contributed by atoms with van der Waals surface area (Å²) in [4.78, 5) is 11.3. The van der Waals surface area contributed by atoms with Crippen LogP contribution in [0.3, 0.4) is 0 Å². The Kier molecular flexibility index (Phi) is 2.39. The zero-order chi connectivity index (χ0) is 9.97. The molecule has 1 aromatic carbocycles. The van der Waals surface area contributed by atoms with Crippen LogP contribution in [0.4, 0.5) is 0 Å². The molecule has 0 bridgehead atoms. The lowest BCUT2D eigenvalue weighted by atomic mass is 10.0. The van der Waals surface area contributed by atoms with E-state index in [1.165, 1.54) is 5.56 Å². The van der Waals surface area contributed by atoms with Crippen LogP contribution >= 0.6 is 0 Å². The first-order chi connectivity index (χ1) is 6.81. The number of hydrogen-bond acceptors (Lipinski definition) is 2. The first kappa shape index (κ1) is 9.06. The van der Waals surface area contributed by atoms with Crippen molar-refractivity contribution in [1.29, 1.82) is 0 Å². The van der Waals surface area contributed by atoms with E-state index in [2.05, 4.69) is 5.32 Å². The number of rotatable bonds is 1. The highest BCUT2D eigenvalue weighted by Gasteiger charge is 2.24. The van der Waals surface area contributed by atoms with Crippen LogP contribution in [0.5, 0.6) is 5.75 Å². The van der Waals surface area contributed by atoms with Crippen LogP contribution in [0.1, 0.15) is 12.0 Å². The molecule has 2 rings (SSSR count). The van der Waals surface area contributed by atoms with Crippen LogP contribution in [0.15, 0.2) is 24.3 Å². The van der Waals surface area contributed by atoms with Crippen molar-refractivity contribution >= 4 is 5.91 Å². The Morgan fingerprint density at radius 1 is 1.50 bits per heavy atom. The second-order valence-electron chi connectivity index (χ2n) is 3.37. The number of carbonyl (C=O) groups excluding carboxylic acids is 1. The molecular formula is C11H13NO2. The first-order valence-electron chi connectivity index (χ1n) is 4.77. The molecule has 0 saturated carbocycles. The molecule has 0 fully saturated rings. The normalized spacial score (nSPS) is 19.4. The number of likely N-dealkylation sites (N-methyl/N-ethyl adjacent to an activating group) is 1. The SMILES string of the molecule is CNC(=O)C1CCc2ccccc2O1. The van der Waals surface area contributed by atoms with Gasteiger partial charge in [0.05, 0.1) is 0 Å². The van der Waals surface area contributed by atoms with Gasteiger partial charge in [-0.15, -0.1) is 0 Å². The van der Waals surface area contributed by atoms with Crippen LogP contribution in [0.2, 0.25) is 0 Å². The zero-order valence-electron chi connectivity index (χ0n) is 8.12. The maximum absolute atomic E-state index is 11.3. The summed E-state index contributed by atoms with van der Waals surface area (Å²) >= 11 is 0. The Morgan fingerprint density at radius 3 is 3.07 bits per heavy atom. The lowest BCUT2D eigenvalue weighted by Gasteiger charge is -2.24. The summed E-state index contributed by atoms with van der Waals surface area (Å²) in [7, 11) is 1.63. The maximum Gasteiger partial charge on any atom is 0.260 e. The lowest BCUT2D eigenvalue weighted by Crippen LogP contribution is -2.38. The molecule has 1 heterocycles. The third-order valence-electron chi connectivity index (χ3n) is 2.46. The van der Waals surface area contributed by atoms with Crippen molar-refractivity contribution in [2.24, 2.45) is 0 Å². The van der Waals surface area contributed by atoms with Gasteiger partial charge in [0.1, 0.15) is 5.75 Å². The molecule has 0 aliphatic carbocycles. The molecule has 3 heteroatoms. The van der Waals surface area contributed by atoms with E-state index in [4.69, 9.17) is 4.74 Å². The molecule has 1 unspecified atom stereocenters. The van der Waals surface area contributed by atoms with Crippen molar-refractivity contribution in [3.63, 3.8) is 0 Å². The molecule has 1 atom stereocenters. The van der Waals surface area contributed by atoms with Gasteiger partial charge < -0.3 is 10.1 Å². The van der Waals surface area contributed by atoms with Gasteiger partial charge in [-0.2, -0.15) is 0 Å². The number of amides is 1. The summed E-state index contributed by atoms with van der Waals surface area (Å²) in [6, 6.07) is 7.85. The van der Waals surface area contributed by atoms with Gasteiger partial charge in [0.2, 0.25) is 0 Å². The highest BCUT2D eigenvalue weighted by Crippen LogP contribution is 2.26. The fraction of sp³-hybridized carbons (Fsp3) is 0.364. The van der Waals surface area contributed by atoms with Crippen molar-refractivity contribution in [3.8, 4) is 5.75 Å². The molecular weight excluding hydrogens is 178 g/mol. The van der Waals surface area contributed by atoms with E-state index in [-0.39, 0.29) is 12.0 Å². The fourth-order valence-corrected chi connectivity index (χ4v) is 1.67. The summed E-state index contributed by atoms with van der Waals surface area (Å²) in [6.45, 7) is 0. The van der Waals surface area contributed by atoms with Crippen LogP contribution in [0.25, 0.3) is 0 Å².